The van der Waals surface area contributed by atoms with Gasteiger partial charge in [-0.05, 0) is 48.9 Å². The van der Waals surface area contributed by atoms with Crippen LogP contribution in [0.15, 0.2) is 30.6 Å². The number of nitrogens with one attached hydrogen (secondary N) is 3. The van der Waals surface area contributed by atoms with Crippen LogP contribution < -0.4 is 10.0 Å². The number of aromatic nitrogens is 2. The van der Waals surface area contributed by atoms with E-state index in [0.29, 0.717) is 18.0 Å². The summed E-state index contributed by atoms with van der Waals surface area (Å²) >= 11 is 0. The van der Waals surface area contributed by atoms with E-state index in [9.17, 15) is 22.0 Å². The number of hydrogen-bond donors (Lipinski definition) is 3. The molecule has 0 saturated heterocycles. The number of aromatic amines is 1. The van der Waals surface area contributed by atoms with Gasteiger partial charge in [0.15, 0.2) is 5.82 Å². The first-order chi connectivity index (χ1) is 14.8. The molecule has 0 unspecified atom stereocenters. The van der Waals surface area contributed by atoms with Gasteiger partial charge in [0.2, 0.25) is 10.0 Å². The summed E-state index contributed by atoms with van der Waals surface area (Å²) < 4.78 is 55.1. The lowest BCUT2D eigenvalue weighted by Crippen LogP contribution is -2.20. The monoisotopic (exact) mass is 448 g/mol. The van der Waals surface area contributed by atoms with E-state index in [0.717, 1.165) is 42.3 Å². The van der Waals surface area contributed by atoms with E-state index in [-0.39, 0.29) is 11.4 Å². The third kappa shape index (κ3) is 4.25. The summed E-state index contributed by atoms with van der Waals surface area (Å²) in [6.07, 6.45) is 6.95. The maximum absolute atomic E-state index is 14.8. The number of nitrogens with zero attached hydrogens (tertiary/aromatic N) is 1. The zero-order chi connectivity index (χ0) is 22.2. The molecule has 1 aliphatic carbocycles. The Morgan fingerprint density at radius 2 is 2.06 bits per heavy atom. The van der Waals surface area contributed by atoms with Crippen LogP contribution in [-0.2, 0) is 10.0 Å². The van der Waals surface area contributed by atoms with Crippen molar-refractivity contribution < 1.29 is 22.0 Å². The van der Waals surface area contributed by atoms with Gasteiger partial charge in [-0.25, -0.2) is 22.2 Å². The standard InChI is InChI=1S/C21H22F2N4O3S/c1-2-8-31(29,30)27-17-7-6-16(22)18(19(17)23)21(28)26-13-9-14-15(12-4-3-5-12)11-25-20(14)24-10-13/h6-7,9-12,27H,2-5,8H2,1H3,(H,24,25)(H,26,28). The van der Waals surface area contributed by atoms with Crippen molar-refractivity contribution in [3.63, 3.8) is 0 Å². The van der Waals surface area contributed by atoms with Gasteiger partial charge in [0.05, 0.1) is 23.3 Å². The van der Waals surface area contributed by atoms with Gasteiger partial charge in [-0.2, -0.15) is 0 Å². The van der Waals surface area contributed by atoms with Crippen LogP contribution in [0.5, 0.6) is 0 Å². The second kappa shape index (κ2) is 8.26. The van der Waals surface area contributed by atoms with E-state index >= 15 is 0 Å². The van der Waals surface area contributed by atoms with Crippen molar-refractivity contribution in [3.05, 3.63) is 53.4 Å². The lowest BCUT2D eigenvalue weighted by Gasteiger charge is -2.24. The third-order valence-corrected chi connectivity index (χ3v) is 6.90. The van der Waals surface area contributed by atoms with Crippen molar-refractivity contribution in [3.8, 4) is 0 Å². The van der Waals surface area contributed by atoms with E-state index in [1.54, 1.807) is 13.0 Å². The van der Waals surface area contributed by atoms with Gasteiger partial charge in [-0.15, -0.1) is 0 Å². The number of benzene rings is 1. The number of anilines is 2. The molecule has 2 aromatic heterocycles. The maximum atomic E-state index is 14.8. The molecular weight excluding hydrogens is 426 g/mol. The Balaban J connectivity index is 1.62. The first-order valence-electron chi connectivity index (χ1n) is 10.1. The molecule has 3 aromatic rings. The second-order valence-corrected chi connectivity index (χ2v) is 9.49. The maximum Gasteiger partial charge on any atom is 0.261 e. The highest BCUT2D eigenvalue weighted by Gasteiger charge is 2.25. The molecule has 2 heterocycles. The Hall–Kier alpha value is -3.01. The number of carbonyl (C=O) groups excluding carboxylic acids is 1. The van der Waals surface area contributed by atoms with E-state index < -0.39 is 38.8 Å². The topological polar surface area (TPSA) is 104 Å². The highest BCUT2D eigenvalue weighted by atomic mass is 32.2. The van der Waals surface area contributed by atoms with Crippen molar-refractivity contribution in [1.29, 1.82) is 0 Å². The van der Waals surface area contributed by atoms with Gasteiger partial charge < -0.3 is 10.3 Å². The fourth-order valence-corrected chi connectivity index (χ4v) is 4.80. The number of carbonyl (C=O) groups is 1. The van der Waals surface area contributed by atoms with Crippen LogP contribution in [0.1, 0.15) is 54.4 Å². The van der Waals surface area contributed by atoms with E-state index in [4.69, 9.17) is 0 Å². The van der Waals surface area contributed by atoms with Gasteiger partial charge in [0.1, 0.15) is 17.0 Å². The van der Waals surface area contributed by atoms with Crippen LogP contribution >= 0.6 is 0 Å². The second-order valence-electron chi connectivity index (χ2n) is 7.65. The lowest BCUT2D eigenvalue weighted by atomic mass is 9.80. The number of rotatable bonds is 7. The molecule has 164 valence electrons. The SMILES string of the molecule is CCCS(=O)(=O)Nc1ccc(F)c(C(=O)Nc2cnc3[nH]cc(C4CCC4)c3c2)c1F. The van der Waals surface area contributed by atoms with E-state index in [1.165, 1.54) is 6.20 Å². The molecule has 4 rings (SSSR count). The molecule has 10 heteroatoms. The number of fused-ring (bicyclic) bond motifs is 1. The molecule has 0 aliphatic heterocycles. The fourth-order valence-electron chi connectivity index (χ4n) is 3.67. The molecule has 1 saturated carbocycles. The van der Waals surface area contributed by atoms with Crippen LogP contribution in [0.3, 0.4) is 0 Å². The summed E-state index contributed by atoms with van der Waals surface area (Å²) in [6.45, 7) is 1.66. The number of pyridine rings is 1. The summed E-state index contributed by atoms with van der Waals surface area (Å²) in [7, 11) is -3.81. The number of sulfonamides is 1. The van der Waals surface area contributed by atoms with Crippen LogP contribution in [-0.4, -0.2) is 30.0 Å². The molecule has 3 N–H and O–H groups in total. The molecule has 31 heavy (non-hydrogen) atoms. The van der Waals surface area contributed by atoms with Gasteiger partial charge in [0, 0.05) is 11.6 Å². The average Bonchev–Trinajstić information content (AvgIpc) is 3.06. The zero-order valence-electron chi connectivity index (χ0n) is 16.8. The predicted octanol–water partition coefficient (Wildman–Crippen LogP) is 4.51. The number of hydrogen-bond acceptors (Lipinski definition) is 4. The van der Waals surface area contributed by atoms with Crippen molar-refractivity contribution in [2.24, 2.45) is 0 Å². The van der Waals surface area contributed by atoms with Gasteiger partial charge >= 0.3 is 0 Å². The predicted molar refractivity (Wildman–Crippen MR) is 115 cm³/mol. The zero-order valence-corrected chi connectivity index (χ0v) is 17.7. The number of amides is 1. The molecule has 0 radical (unpaired) electrons. The number of halogens is 2. The lowest BCUT2D eigenvalue weighted by molar-refractivity contribution is 0.101. The average molecular weight is 448 g/mol. The summed E-state index contributed by atoms with van der Waals surface area (Å²) in [5.74, 6) is -3.20. The largest absolute Gasteiger partial charge is 0.346 e. The summed E-state index contributed by atoms with van der Waals surface area (Å²) in [5.41, 5.74) is 0.712. The molecule has 0 bridgehead atoms. The van der Waals surface area contributed by atoms with Gasteiger partial charge in [-0.1, -0.05) is 13.3 Å². The highest BCUT2D eigenvalue weighted by Crippen LogP contribution is 2.39. The van der Waals surface area contributed by atoms with Crippen LogP contribution in [0, 0.1) is 11.6 Å². The molecule has 1 fully saturated rings. The van der Waals surface area contributed by atoms with Crippen molar-refractivity contribution in [2.75, 3.05) is 15.8 Å². The molecule has 0 atom stereocenters. The quantitative estimate of drug-likeness (QED) is 0.495. The first kappa shape index (κ1) is 21.2. The van der Waals surface area contributed by atoms with Crippen LogP contribution in [0.2, 0.25) is 0 Å². The summed E-state index contributed by atoms with van der Waals surface area (Å²) in [6, 6.07) is 3.52. The Morgan fingerprint density at radius 1 is 1.29 bits per heavy atom. The van der Waals surface area contributed by atoms with E-state index in [1.807, 2.05) is 6.20 Å². The van der Waals surface area contributed by atoms with Crippen LogP contribution in [0.25, 0.3) is 11.0 Å². The highest BCUT2D eigenvalue weighted by molar-refractivity contribution is 7.92. The molecule has 1 aliphatic rings. The summed E-state index contributed by atoms with van der Waals surface area (Å²) in [4.78, 5) is 20.0. The van der Waals surface area contributed by atoms with Crippen LogP contribution in [0.4, 0.5) is 20.2 Å². The Kier molecular flexibility index (Phi) is 5.65. The molecular formula is C21H22F2N4O3S. The minimum Gasteiger partial charge on any atom is -0.346 e. The fraction of sp³-hybridized carbons (Fsp3) is 0.333. The van der Waals surface area contributed by atoms with Crippen molar-refractivity contribution >= 4 is 38.3 Å². The van der Waals surface area contributed by atoms with Crippen molar-refractivity contribution in [1.82, 2.24) is 9.97 Å². The molecule has 0 spiro atoms. The number of H-pyrrole nitrogens is 1. The third-order valence-electron chi connectivity index (χ3n) is 5.42. The first-order valence-corrected chi connectivity index (χ1v) is 11.7. The Labute approximate surface area is 178 Å². The molecule has 1 amide bonds. The Morgan fingerprint density at radius 3 is 2.74 bits per heavy atom. The molecule has 7 nitrogen and oxygen atoms in total. The van der Waals surface area contributed by atoms with Crippen molar-refractivity contribution in [2.45, 2.75) is 38.5 Å². The van der Waals surface area contributed by atoms with Gasteiger partial charge in [0.25, 0.3) is 5.91 Å². The smallest absolute Gasteiger partial charge is 0.261 e. The minimum absolute atomic E-state index is 0.225. The normalized spacial score (nSPS) is 14.4. The summed E-state index contributed by atoms with van der Waals surface area (Å²) in [5, 5.41) is 3.32. The Bertz CT molecular complexity index is 1250. The molecule has 1 aromatic carbocycles. The minimum atomic E-state index is -3.81. The van der Waals surface area contributed by atoms with E-state index in [2.05, 4.69) is 20.0 Å². The van der Waals surface area contributed by atoms with Gasteiger partial charge in [-0.3, -0.25) is 9.52 Å².